The van der Waals surface area contributed by atoms with E-state index in [1.54, 1.807) is 18.3 Å². The molecule has 0 aliphatic carbocycles. The van der Waals surface area contributed by atoms with Crippen LogP contribution in [0.3, 0.4) is 0 Å². The molecular formula is C24H21N3O3. The van der Waals surface area contributed by atoms with E-state index in [-0.39, 0.29) is 23.3 Å². The summed E-state index contributed by atoms with van der Waals surface area (Å²) in [5.74, 6) is -0.946. The predicted octanol–water partition coefficient (Wildman–Crippen LogP) is 2.89. The monoisotopic (exact) mass is 399 g/mol. The Morgan fingerprint density at radius 1 is 0.867 bits per heavy atom. The summed E-state index contributed by atoms with van der Waals surface area (Å²) < 4.78 is 0. The lowest BCUT2D eigenvalue weighted by Crippen LogP contribution is -2.31. The molecule has 1 aliphatic rings. The summed E-state index contributed by atoms with van der Waals surface area (Å²) in [4.78, 5) is 43.4. The van der Waals surface area contributed by atoms with Crippen molar-refractivity contribution in [3.8, 4) is 0 Å². The molecule has 4 rings (SSSR count). The second-order valence-electron chi connectivity index (χ2n) is 7.08. The molecule has 0 bridgehead atoms. The largest absolute Gasteiger partial charge is 0.352 e. The summed E-state index contributed by atoms with van der Waals surface area (Å²) >= 11 is 0. The Bertz CT molecular complexity index is 1080. The minimum absolute atomic E-state index is 0.281. The summed E-state index contributed by atoms with van der Waals surface area (Å²) in [5.41, 5.74) is 2.94. The van der Waals surface area contributed by atoms with Gasteiger partial charge in [0.25, 0.3) is 17.7 Å². The smallest absolute Gasteiger partial charge is 0.261 e. The summed E-state index contributed by atoms with van der Waals surface area (Å²) in [7, 11) is 0. The SMILES string of the molecule is O=C(NCCc1ccccn1)c1ccc2c(c1)C(=O)N(CCc1ccccc1)C2=O. The van der Waals surface area contributed by atoms with Crippen LogP contribution in [0.15, 0.2) is 72.9 Å². The van der Waals surface area contributed by atoms with Crippen LogP contribution in [0.4, 0.5) is 0 Å². The minimum atomic E-state index is -0.353. The predicted molar refractivity (Wildman–Crippen MR) is 112 cm³/mol. The molecule has 0 fully saturated rings. The van der Waals surface area contributed by atoms with Crippen LogP contribution in [0.1, 0.15) is 42.3 Å². The first kappa shape index (κ1) is 19.5. The van der Waals surface area contributed by atoms with E-state index in [2.05, 4.69) is 10.3 Å². The number of nitrogens with zero attached hydrogens (tertiary/aromatic N) is 2. The number of hydrogen-bond donors (Lipinski definition) is 1. The Balaban J connectivity index is 1.40. The summed E-state index contributed by atoms with van der Waals surface area (Å²) in [6, 6.07) is 20.0. The molecule has 6 heteroatoms. The van der Waals surface area contributed by atoms with Crippen LogP contribution < -0.4 is 5.32 Å². The highest BCUT2D eigenvalue weighted by Gasteiger charge is 2.35. The van der Waals surface area contributed by atoms with Crippen LogP contribution in [0, 0.1) is 0 Å². The highest BCUT2D eigenvalue weighted by molar-refractivity contribution is 6.22. The number of pyridine rings is 1. The molecule has 1 aliphatic heterocycles. The molecule has 6 nitrogen and oxygen atoms in total. The number of imide groups is 1. The standard InChI is InChI=1S/C24H21N3O3/c28-22(26-14-11-19-8-4-5-13-25-19)18-9-10-20-21(16-18)24(30)27(23(20)29)15-12-17-6-2-1-3-7-17/h1-10,13,16H,11-12,14-15H2,(H,26,28). The second-order valence-corrected chi connectivity index (χ2v) is 7.08. The van der Waals surface area contributed by atoms with Gasteiger partial charge in [-0.2, -0.15) is 0 Å². The average molecular weight is 399 g/mol. The van der Waals surface area contributed by atoms with Crippen LogP contribution >= 0.6 is 0 Å². The summed E-state index contributed by atoms with van der Waals surface area (Å²) in [6.07, 6.45) is 2.92. The number of fused-ring (bicyclic) bond motifs is 1. The van der Waals surface area contributed by atoms with Gasteiger partial charge in [-0.1, -0.05) is 36.4 Å². The summed E-state index contributed by atoms with van der Waals surface area (Å²) in [5, 5.41) is 2.83. The van der Waals surface area contributed by atoms with E-state index in [0.29, 0.717) is 37.1 Å². The Morgan fingerprint density at radius 3 is 2.40 bits per heavy atom. The normalized spacial score (nSPS) is 12.7. The molecule has 3 aromatic rings. The fourth-order valence-electron chi connectivity index (χ4n) is 3.47. The number of rotatable bonds is 7. The first-order chi connectivity index (χ1) is 14.6. The van der Waals surface area contributed by atoms with E-state index in [1.165, 1.54) is 11.0 Å². The zero-order valence-corrected chi connectivity index (χ0v) is 16.4. The maximum atomic E-state index is 12.8. The Hall–Kier alpha value is -3.80. The molecule has 0 unspecified atom stereocenters. The number of carbonyl (C=O) groups is 3. The van der Waals surface area contributed by atoms with Crippen LogP contribution in [-0.4, -0.2) is 40.7 Å². The molecule has 0 spiro atoms. The van der Waals surface area contributed by atoms with E-state index in [0.717, 1.165) is 11.3 Å². The van der Waals surface area contributed by atoms with Gasteiger partial charge in [0, 0.05) is 37.0 Å². The minimum Gasteiger partial charge on any atom is -0.352 e. The zero-order chi connectivity index (χ0) is 20.9. The number of nitrogens with one attached hydrogen (secondary N) is 1. The number of aromatic nitrogens is 1. The van der Waals surface area contributed by atoms with E-state index < -0.39 is 0 Å². The van der Waals surface area contributed by atoms with Gasteiger partial charge in [0.1, 0.15) is 0 Å². The first-order valence-electron chi connectivity index (χ1n) is 9.86. The number of amides is 3. The summed E-state index contributed by atoms with van der Waals surface area (Å²) in [6.45, 7) is 0.741. The fraction of sp³-hybridized carbons (Fsp3) is 0.167. The van der Waals surface area contributed by atoms with E-state index in [9.17, 15) is 14.4 Å². The molecule has 2 aromatic carbocycles. The Labute approximate surface area is 174 Å². The Kier molecular flexibility index (Phi) is 5.66. The molecule has 30 heavy (non-hydrogen) atoms. The molecular weight excluding hydrogens is 378 g/mol. The lowest BCUT2D eigenvalue weighted by molar-refractivity contribution is 0.0656. The van der Waals surface area contributed by atoms with Crippen molar-refractivity contribution in [3.63, 3.8) is 0 Å². The Morgan fingerprint density at radius 2 is 1.63 bits per heavy atom. The third kappa shape index (κ3) is 4.12. The third-order valence-electron chi connectivity index (χ3n) is 5.09. The molecule has 0 radical (unpaired) electrons. The van der Waals surface area contributed by atoms with Gasteiger partial charge in [0.05, 0.1) is 11.1 Å². The molecule has 1 aromatic heterocycles. The topological polar surface area (TPSA) is 79.4 Å². The van der Waals surface area contributed by atoms with Crippen LogP contribution in [-0.2, 0) is 12.8 Å². The van der Waals surface area contributed by atoms with Gasteiger partial charge in [-0.3, -0.25) is 24.3 Å². The molecule has 150 valence electrons. The first-order valence-corrected chi connectivity index (χ1v) is 9.86. The molecule has 1 N–H and O–H groups in total. The fourth-order valence-corrected chi connectivity index (χ4v) is 3.47. The van der Waals surface area contributed by atoms with Gasteiger partial charge in [-0.05, 0) is 42.3 Å². The van der Waals surface area contributed by atoms with Gasteiger partial charge in [-0.25, -0.2) is 0 Å². The van der Waals surface area contributed by atoms with Crippen molar-refractivity contribution in [2.24, 2.45) is 0 Å². The maximum absolute atomic E-state index is 12.8. The molecule has 0 atom stereocenters. The van der Waals surface area contributed by atoms with Gasteiger partial charge < -0.3 is 5.32 Å². The van der Waals surface area contributed by atoms with Gasteiger partial charge in [0.15, 0.2) is 0 Å². The quantitative estimate of drug-likeness (QED) is 0.620. The van der Waals surface area contributed by atoms with Crippen molar-refractivity contribution in [1.82, 2.24) is 15.2 Å². The van der Waals surface area contributed by atoms with Crippen molar-refractivity contribution < 1.29 is 14.4 Å². The maximum Gasteiger partial charge on any atom is 0.261 e. The van der Waals surface area contributed by atoms with Crippen molar-refractivity contribution in [3.05, 3.63) is 101 Å². The second kappa shape index (κ2) is 8.69. The van der Waals surface area contributed by atoms with Crippen LogP contribution in [0.25, 0.3) is 0 Å². The number of hydrogen-bond acceptors (Lipinski definition) is 4. The highest BCUT2D eigenvalue weighted by atomic mass is 16.2. The van der Waals surface area contributed by atoms with Crippen molar-refractivity contribution in [2.45, 2.75) is 12.8 Å². The van der Waals surface area contributed by atoms with Crippen molar-refractivity contribution >= 4 is 17.7 Å². The van der Waals surface area contributed by atoms with Gasteiger partial charge in [-0.15, -0.1) is 0 Å². The van der Waals surface area contributed by atoms with Gasteiger partial charge in [0.2, 0.25) is 0 Å². The lowest BCUT2D eigenvalue weighted by atomic mass is 10.1. The third-order valence-corrected chi connectivity index (χ3v) is 5.09. The molecule has 2 heterocycles. The highest BCUT2D eigenvalue weighted by Crippen LogP contribution is 2.24. The zero-order valence-electron chi connectivity index (χ0n) is 16.4. The van der Waals surface area contributed by atoms with Crippen molar-refractivity contribution in [2.75, 3.05) is 13.1 Å². The average Bonchev–Trinajstić information content (AvgIpc) is 3.03. The lowest BCUT2D eigenvalue weighted by Gasteiger charge is -2.13. The van der Waals surface area contributed by atoms with E-state index in [1.807, 2.05) is 48.5 Å². The number of carbonyl (C=O) groups excluding carboxylic acids is 3. The molecule has 0 saturated heterocycles. The van der Waals surface area contributed by atoms with Crippen LogP contribution in [0.5, 0.6) is 0 Å². The number of benzene rings is 2. The van der Waals surface area contributed by atoms with Crippen LogP contribution in [0.2, 0.25) is 0 Å². The van der Waals surface area contributed by atoms with E-state index >= 15 is 0 Å². The van der Waals surface area contributed by atoms with Crippen molar-refractivity contribution in [1.29, 1.82) is 0 Å². The van der Waals surface area contributed by atoms with E-state index in [4.69, 9.17) is 0 Å². The molecule has 0 saturated carbocycles. The molecule has 3 amide bonds. The van der Waals surface area contributed by atoms with Gasteiger partial charge >= 0.3 is 0 Å².